The Kier molecular flexibility index (Phi) is 4.74. The second-order valence-electron chi connectivity index (χ2n) is 4.63. The molecular weight excluding hydrogens is 224 g/mol. The SMILES string of the molecule is COCCC1(CNC(=O)N[C@H](C)C(=O)O)CC1. The van der Waals surface area contributed by atoms with Gasteiger partial charge < -0.3 is 20.5 Å². The zero-order chi connectivity index (χ0) is 12.9. The summed E-state index contributed by atoms with van der Waals surface area (Å²) >= 11 is 0. The Hall–Kier alpha value is -1.30. The Bertz CT molecular complexity index is 289. The van der Waals surface area contributed by atoms with E-state index in [1.165, 1.54) is 6.92 Å². The largest absolute Gasteiger partial charge is 0.480 e. The van der Waals surface area contributed by atoms with Crippen LogP contribution in [-0.4, -0.2) is 43.4 Å². The number of hydrogen-bond donors (Lipinski definition) is 3. The highest BCUT2D eigenvalue weighted by molar-refractivity contribution is 5.82. The summed E-state index contributed by atoms with van der Waals surface area (Å²) in [6.07, 6.45) is 3.11. The maximum absolute atomic E-state index is 11.4. The lowest BCUT2D eigenvalue weighted by Gasteiger charge is -2.16. The van der Waals surface area contributed by atoms with Gasteiger partial charge in [0, 0.05) is 20.3 Å². The van der Waals surface area contributed by atoms with E-state index >= 15 is 0 Å². The minimum atomic E-state index is -1.04. The lowest BCUT2D eigenvalue weighted by atomic mass is 10.0. The fraction of sp³-hybridized carbons (Fsp3) is 0.818. The summed E-state index contributed by atoms with van der Waals surface area (Å²) in [5.74, 6) is -1.04. The van der Waals surface area contributed by atoms with E-state index in [0.29, 0.717) is 13.2 Å². The summed E-state index contributed by atoms with van der Waals surface area (Å²) in [6.45, 7) is 2.70. The van der Waals surface area contributed by atoms with Crippen LogP contribution in [0.3, 0.4) is 0 Å². The fourth-order valence-electron chi connectivity index (χ4n) is 1.59. The van der Waals surface area contributed by atoms with Gasteiger partial charge in [-0.15, -0.1) is 0 Å². The van der Waals surface area contributed by atoms with Gasteiger partial charge in [0.15, 0.2) is 0 Å². The molecular formula is C11H20N2O4. The van der Waals surface area contributed by atoms with Crippen LogP contribution in [0, 0.1) is 5.41 Å². The van der Waals surface area contributed by atoms with E-state index in [-0.39, 0.29) is 5.41 Å². The number of carboxylic acid groups (broad SMARTS) is 1. The number of carbonyl (C=O) groups is 2. The Labute approximate surface area is 101 Å². The Morgan fingerprint density at radius 3 is 2.59 bits per heavy atom. The molecule has 1 saturated carbocycles. The van der Waals surface area contributed by atoms with Gasteiger partial charge in [0.05, 0.1) is 0 Å². The standard InChI is InChI=1S/C11H20N2O4/c1-8(9(14)15)13-10(16)12-7-11(3-4-11)5-6-17-2/h8H,3-7H2,1-2H3,(H,14,15)(H2,12,13,16)/t8-/m1/s1. The van der Waals surface area contributed by atoms with Crippen LogP contribution in [0.4, 0.5) is 4.79 Å². The maximum atomic E-state index is 11.4. The molecule has 6 nitrogen and oxygen atoms in total. The molecule has 0 aromatic heterocycles. The predicted octanol–water partition coefficient (Wildman–Crippen LogP) is 0.575. The number of carboxylic acids is 1. The molecule has 0 radical (unpaired) electrons. The Balaban J connectivity index is 2.22. The van der Waals surface area contributed by atoms with E-state index in [1.54, 1.807) is 7.11 Å². The minimum Gasteiger partial charge on any atom is -0.480 e. The average molecular weight is 244 g/mol. The van der Waals surface area contributed by atoms with Gasteiger partial charge in [0.2, 0.25) is 0 Å². The van der Waals surface area contributed by atoms with Crippen LogP contribution in [0.5, 0.6) is 0 Å². The Morgan fingerprint density at radius 2 is 2.12 bits per heavy atom. The molecule has 2 amide bonds. The number of nitrogens with one attached hydrogen (secondary N) is 2. The maximum Gasteiger partial charge on any atom is 0.325 e. The van der Waals surface area contributed by atoms with Gasteiger partial charge >= 0.3 is 12.0 Å². The highest BCUT2D eigenvalue weighted by Gasteiger charge is 2.42. The molecule has 0 heterocycles. The summed E-state index contributed by atoms with van der Waals surface area (Å²) in [6, 6.07) is -1.30. The third-order valence-corrected chi connectivity index (χ3v) is 3.14. The number of amides is 2. The van der Waals surface area contributed by atoms with Gasteiger partial charge in [-0.05, 0) is 31.6 Å². The quantitative estimate of drug-likeness (QED) is 0.611. The molecule has 0 bridgehead atoms. The summed E-state index contributed by atoms with van der Waals surface area (Å²) in [4.78, 5) is 21.9. The second kappa shape index (κ2) is 5.86. The first-order valence-corrected chi connectivity index (χ1v) is 5.75. The van der Waals surface area contributed by atoms with Crippen molar-refractivity contribution in [3.8, 4) is 0 Å². The van der Waals surface area contributed by atoms with Crippen LogP contribution in [0.1, 0.15) is 26.2 Å². The molecule has 17 heavy (non-hydrogen) atoms. The van der Waals surface area contributed by atoms with Crippen molar-refractivity contribution in [1.29, 1.82) is 0 Å². The first-order valence-electron chi connectivity index (χ1n) is 5.75. The lowest BCUT2D eigenvalue weighted by molar-refractivity contribution is -0.138. The Morgan fingerprint density at radius 1 is 1.47 bits per heavy atom. The van der Waals surface area contributed by atoms with Crippen LogP contribution in [0.15, 0.2) is 0 Å². The number of carbonyl (C=O) groups excluding carboxylic acids is 1. The molecule has 6 heteroatoms. The zero-order valence-corrected chi connectivity index (χ0v) is 10.3. The van der Waals surface area contributed by atoms with E-state index < -0.39 is 18.0 Å². The van der Waals surface area contributed by atoms with Crippen molar-refractivity contribution in [3.05, 3.63) is 0 Å². The summed E-state index contributed by atoms with van der Waals surface area (Å²) in [5.41, 5.74) is 0.166. The lowest BCUT2D eigenvalue weighted by Crippen LogP contribution is -2.45. The van der Waals surface area contributed by atoms with Crippen LogP contribution in [0.25, 0.3) is 0 Å². The molecule has 1 aliphatic carbocycles. The van der Waals surface area contributed by atoms with E-state index in [0.717, 1.165) is 19.3 Å². The van der Waals surface area contributed by atoms with Crippen molar-refractivity contribution in [2.75, 3.05) is 20.3 Å². The third kappa shape index (κ3) is 4.60. The molecule has 0 aliphatic heterocycles. The van der Waals surface area contributed by atoms with Gasteiger partial charge in [-0.1, -0.05) is 0 Å². The molecule has 0 spiro atoms. The molecule has 1 atom stereocenters. The van der Waals surface area contributed by atoms with E-state index in [9.17, 15) is 9.59 Å². The number of ether oxygens (including phenoxy) is 1. The second-order valence-corrected chi connectivity index (χ2v) is 4.63. The summed E-state index contributed by atoms with van der Waals surface area (Å²) in [7, 11) is 1.66. The molecule has 3 N–H and O–H groups in total. The first-order chi connectivity index (χ1) is 7.99. The van der Waals surface area contributed by atoms with E-state index in [1.807, 2.05) is 0 Å². The fourth-order valence-corrected chi connectivity index (χ4v) is 1.59. The van der Waals surface area contributed by atoms with E-state index in [2.05, 4.69) is 10.6 Å². The molecule has 98 valence electrons. The van der Waals surface area contributed by atoms with Crippen molar-refractivity contribution in [3.63, 3.8) is 0 Å². The van der Waals surface area contributed by atoms with Gasteiger partial charge in [-0.3, -0.25) is 4.79 Å². The molecule has 1 rings (SSSR count). The number of methoxy groups -OCH3 is 1. The van der Waals surface area contributed by atoms with Crippen molar-refractivity contribution in [2.45, 2.75) is 32.2 Å². The molecule has 0 unspecified atom stereocenters. The van der Waals surface area contributed by atoms with Crippen molar-refractivity contribution in [2.24, 2.45) is 5.41 Å². The molecule has 1 aliphatic rings. The van der Waals surface area contributed by atoms with Crippen LogP contribution >= 0.6 is 0 Å². The van der Waals surface area contributed by atoms with Crippen LogP contribution < -0.4 is 10.6 Å². The van der Waals surface area contributed by atoms with Crippen LogP contribution in [0.2, 0.25) is 0 Å². The topological polar surface area (TPSA) is 87.7 Å². The van der Waals surface area contributed by atoms with Crippen molar-refractivity contribution in [1.82, 2.24) is 10.6 Å². The van der Waals surface area contributed by atoms with Gasteiger partial charge in [-0.25, -0.2) is 4.79 Å². The monoisotopic (exact) mass is 244 g/mol. The van der Waals surface area contributed by atoms with Gasteiger partial charge in [0.25, 0.3) is 0 Å². The average Bonchev–Trinajstić information content (AvgIpc) is 3.04. The number of rotatable bonds is 7. The molecule has 0 aromatic carbocycles. The van der Waals surface area contributed by atoms with Crippen molar-refractivity contribution < 1.29 is 19.4 Å². The highest BCUT2D eigenvalue weighted by Crippen LogP contribution is 2.48. The number of hydrogen-bond acceptors (Lipinski definition) is 3. The number of urea groups is 1. The summed E-state index contributed by atoms with van der Waals surface area (Å²) < 4.78 is 5.01. The third-order valence-electron chi connectivity index (χ3n) is 3.14. The summed E-state index contributed by atoms with van der Waals surface area (Å²) in [5, 5.41) is 13.7. The van der Waals surface area contributed by atoms with Crippen LogP contribution in [-0.2, 0) is 9.53 Å². The highest BCUT2D eigenvalue weighted by atomic mass is 16.5. The van der Waals surface area contributed by atoms with E-state index in [4.69, 9.17) is 9.84 Å². The normalized spacial score (nSPS) is 18.2. The minimum absolute atomic E-state index is 0.166. The van der Waals surface area contributed by atoms with Gasteiger partial charge in [0.1, 0.15) is 6.04 Å². The first kappa shape index (κ1) is 13.8. The number of aliphatic carboxylic acids is 1. The zero-order valence-electron chi connectivity index (χ0n) is 10.3. The van der Waals surface area contributed by atoms with Crippen molar-refractivity contribution >= 4 is 12.0 Å². The van der Waals surface area contributed by atoms with Gasteiger partial charge in [-0.2, -0.15) is 0 Å². The molecule has 0 saturated heterocycles. The smallest absolute Gasteiger partial charge is 0.325 e. The predicted molar refractivity (Wildman–Crippen MR) is 61.8 cm³/mol. The molecule has 1 fully saturated rings. The molecule has 0 aromatic rings.